The van der Waals surface area contributed by atoms with E-state index in [-0.39, 0.29) is 18.1 Å². The van der Waals surface area contributed by atoms with Gasteiger partial charge in [-0.2, -0.15) is 0 Å². The quantitative estimate of drug-likeness (QED) is 0.709. The maximum absolute atomic E-state index is 12.7. The monoisotopic (exact) mass is 306 g/mol. The first kappa shape index (κ1) is 14.4. The van der Waals surface area contributed by atoms with E-state index in [9.17, 15) is 15.0 Å². The molecular weight excluding hydrogens is 284 g/mol. The normalized spacial score (nSPS) is 49.7. The second kappa shape index (κ2) is 4.22. The van der Waals surface area contributed by atoms with Crippen LogP contribution < -0.4 is 0 Å². The van der Waals surface area contributed by atoms with Crippen LogP contribution in [0.4, 0.5) is 0 Å². The summed E-state index contributed by atoms with van der Waals surface area (Å²) in [6.07, 6.45) is 0.491. The number of Topliss-reactive ketones (excluding diaryl/α,β-unsaturated/α-hetero) is 1. The number of hydrogen-bond acceptors (Lipinski definition) is 5. The van der Waals surface area contributed by atoms with Crippen LogP contribution in [0.1, 0.15) is 33.1 Å². The molecule has 2 N–H and O–H groups in total. The van der Waals surface area contributed by atoms with E-state index < -0.39 is 23.6 Å². The van der Waals surface area contributed by atoms with Crippen LogP contribution in [0.15, 0.2) is 23.5 Å². The molecule has 2 bridgehead atoms. The fraction of sp³-hybridized carbons (Fsp3) is 0.706. The molecule has 2 fully saturated rings. The molecule has 120 valence electrons. The molecule has 6 atom stereocenters. The Morgan fingerprint density at radius 3 is 2.86 bits per heavy atom. The first-order valence-electron chi connectivity index (χ1n) is 7.92. The minimum absolute atomic E-state index is 0.167. The summed E-state index contributed by atoms with van der Waals surface area (Å²) in [6.45, 7) is 8.00. The first-order valence-corrected chi connectivity index (χ1v) is 7.92. The van der Waals surface area contributed by atoms with Gasteiger partial charge in [0, 0.05) is 11.5 Å². The Morgan fingerprint density at radius 1 is 1.45 bits per heavy atom. The predicted molar refractivity (Wildman–Crippen MR) is 77.9 cm³/mol. The predicted octanol–water partition coefficient (Wildman–Crippen LogP) is 1.10. The molecule has 0 amide bonds. The molecule has 2 heterocycles. The van der Waals surface area contributed by atoms with Crippen molar-refractivity contribution in [1.29, 1.82) is 0 Å². The first-order chi connectivity index (χ1) is 10.3. The average molecular weight is 306 g/mol. The van der Waals surface area contributed by atoms with Gasteiger partial charge in [0.15, 0.2) is 11.4 Å². The molecule has 0 radical (unpaired) electrons. The van der Waals surface area contributed by atoms with Gasteiger partial charge in [-0.15, -0.1) is 0 Å². The highest BCUT2D eigenvalue weighted by Gasteiger charge is 2.64. The lowest BCUT2D eigenvalue weighted by atomic mass is 9.71. The van der Waals surface area contributed by atoms with Gasteiger partial charge in [0.2, 0.25) is 0 Å². The molecule has 0 spiro atoms. The number of ether oxygens (including phenoxy) is 2. The smallest absolute Gasteiger partial charge is 0.199 e. The standard InChI is InChI=1S/C17H22O5/c1-8(2)9-4-5-16(3)11(9)6-10-12(22-16)13-15(19)17(20,7-21-13)14(10)18/h9,11,13,15,19-20H,1,4-7H2,2-3H3/t9-,11-,13+,15+,16+,17+/m0/s1. The molecule has 0 aromatic heterocycles. The fourth-order valence-electron chi connectivity index (χ4n) is 4.72. The van der Waals surface area contributed by atoms with Gasteiger partial charge in [0.1, 0.15) is 23.6 Å². The molecular formula is C17H22O5. The number of carbonyl (C=O) groups excluding carboxylic acids is 1. The molecule has 22 heavy (non-hydrogen) atoms. The number of aliphatic hydroxyl groups excluding tert-OH is 1. The molecule has 4 aliphatic rings. The molecule has 1 saturated carbocycles. The van der Waals surface area contributed by atoms with Gasteiger partial charge in [-0.25, -0.2) is 0 Å². The van der Waals surface area contributed by atoms with Gasteiger partial charge in [-0.05, 0) is 39.0 Å². The third-order valence-corrected chi connectivity index (χ3v) is 6.10. The van der Waals surface area contributed by atoms with E-state index in [4.69, 9.17) is 9.47 Å². The molecule has 0 unspecified atom stereocenters. The lowest BCUT2D eigenvalue weighted by Gasteiger charge is -2.45. The highest BCUT2D eigenvalue weighted by atomic mass is 16.6. The zero-order chi connectivity index (χ0) is 15.9. The summed E-state index contributed by atoms with van der Waals surface area (Å²) in [5.41, 5.74) is -0.546. The van der Waals surface area contributed by atoms with E-state index in [1.165, 1.54) is 0 Å². The van der Waals surface area contributed by atoms with Gasteiger partial charge in [-0.3, -0.25) is 4.79 Å². The van der Waals surface area contributed by atoms with Gasteiger partial charge in [-0.1, -0.05) is 12.2 Å². The zero-order valence-corrected chi connectivity index (χ0v) is 13.0. The minimum atomic E-state index is -1.81. The van der Waals surface area contributed by atoms with E-state index in [1.807, 2.05) is 6.92 Å². The highest BCUT2D eigenvalue weighted by Crippen LogP contribution is 2.55. The van der Waals surface area contributed by atoms with E-state index in [0.717, 1.165) is 18.4 Å². The average Bonchev–Trinajstić information content (AvgIpc) is 2.91. The number of fused-ring (bicyclic) bond motifs is 4. The van der Waals surface area contributed by atoms with Gasteiger partial charge in [0.25, 0.3) is 0 Å². The number of ketones is 1. The summed E-state index contributed by atoms with van der Waals surface area (Å²) in [6, 6.07) is 0. The number of carbonyl (C=O) groups is 1. The van der Waals surface area contributed by atoms with Crippen molar-refractivity contribution in [3.8, 4) is 0 Å². The molecule has 1 saturated heterocycles. The van der Waals surface area contributed by atoms with Crippen molar-refractivity contribution in [2.45, 2.75) is 56.5 Å². The van der Waals surface area contributed by atoms with Gasteiger partial charge in [0.05, 0.1) is 6.61 Å². The molecule has 5 nitrogen and oxygen atoms in total. The van der Waals surface area contributed by atoms with Crippen LogP contribution in [0, 0.1) is 11.8 Å². The van der Waals surface area contributed by atoms with Crippen molar-refractivity contribution >= 4 is 5.78 Å². The molecule has 0 aromatic carbocycles. The maximum Gasteiger partial charge on any atom is 0.199 e. The van der Waals surface area contributed by atoms with Crippen molar-refractivity contribution in [1.82, 2.24) is 0 Å². The Labute approximate surface area is 129 Å². The fourth-order valence-corrected chi connectivity index (χ4v) is 4.72. The van der Waals surface area contributed by atoms with Crippen LogP contribution in [0.3, 0.4) is 0 Å². The summed E-state index contributed by atoms with van der Waals surface area (Å²) < 4.78 is 11.7. The molecule has 2 aliphatic heterocycles. The Hall–Kier alpha value is -1.17. The largest absolute Gasteiger partial charge is 0.488 e. The third-order valence-electron chi connectivity index (χ3n) is 6.10. The van der Waals surface area contributed by atoms with E-state index in [1.54, 1.807) is 0 Å². The zero-order valence-electron chi connectivity index (χ0n) is 13.0. The van der Waals surface area contributed by atoms with E-state index in [0.29, 0.717) is 23.7 Å². The van der Waals surface area contributed by atoms with Crippen molar-refractivity contribution in [2.75, 3.05) is 6.61 Å². The summed E-state index contributed by atoms with van der Waals surface area (Å²) in [7, 11) is 0. The third kappa shape index (κ3) is 1.57. The Morgan fingerprint density at radius 2 is 2.18 bits per heavy atom. The molecule has 5 heteroatoms. The van der Waals surface area contributed by atoms with Crippen LogP contribution >= 0.6 is 0 Å². The molecule has 2 aliphatic carbocycles. The highest BCUT2D eigenvalue weighted by molar-refractivity contribution is 6.04. The van der Waals surface area contributed by atoms with Crippen LogP contribution in [0.2, 0.25) is 0 Å². The lowest BCUT2D eigenvalue weighted by molar-refractivity contribution is -0.148. The Bertz CT molecular complexity index is 608. The van der Waals surface area contributed by atoms with Crippen LogP contribution in [0.5, 0.6) is 0 Å². The number of rotatable bonds is 1. The van der Waals surface area contributed by atoms with Crippen LogP contribution in [-0.2, 0) is 14.3 Å². The van der Waals surface area contributed by atoms with Crippen LogP contribution in [-0.4, -0.2) is 46.0 Å². The molecule has 0 aromatic rings. The number of hydrogen-bond donors (Lipinski definition) is 2. The van der Waals surface area contributed by atoms with Crippen molar-refractivity contribution < 1.29 is 24.5 Å². The minimum Gasteiger partial charge on any atom is -0.488 e. The second-order valence-corrected chi connectivity index (χ2v) is 7.49. The lowest BCUT2D eigenvalue weighted by Crippen LogP contribution is -2.57. The summed E-state index contributed by atoms with van der Waals surface area (Å²) >= 11 is 0. The SMILES string of the molecule is C=C(C)[C@@H]1CC[C@@]2(C)OC3=C(C[C@@H]12)C(=O)[C@]1(O)CO[C@H]3[C@H]1O. The summed E-state index contributed by atoms with van der Waals surface area (Å²) in [5.74, 6) is 0.525. The van der Waals surface area contributed by atoms with E-state index in [2.05, 4.69) is 13.5 Å². The topological polar surface area (TPSA) is 76.0 Å². The van der Waals surface area contributed by atoms with E-state index >= 15 is 0 Å². The van der Waals surface area contributed by atoms with Crippen molar-refractivity contribution in [3.63, 3.8) is 0 Å². The number of aliphatic hydroxyl groups is 2. The number of allylic oxidation sites excluding steroid dienone is 1. The van der Waals surface area contributed by atoms with Gasteiger partial charge < -0.3 is 19.7 Å². The van der Waals surface area contributed by atoms with Crippen molar-refractivity contribution in [2.24, 2.45) is 11.8 Å². The molecule has 4 rings (SSSR count). The van der Waals surface area contributed by atoms with Crippen LogP contribution in [0.25, 0.3) is 0 Å². The Kier molecular flexibility index (Phi) is 2.77. The van der Waals surface area contributed by atoms with Gasteiger partial charge >= 0.3 is 0 Å². The Balaban J connectivity index is 1.77. The summed E-state index contributed by atoms with van der Waals surface area (Å²) in [5, 5.41) is 20.7. The van der Waals surface area contributed by atoms with Crippen molar-refractivity contribution in [3.05, 3.63) is 23.5 Å². The second-order valence-electron chi connectivity index (χ2n) is 7.49. The summed E-state index contributed by atoms with van der Waals surface area (Å²) in [4.78, 5) is 12.7. The maximum atomic E-state index is 12.7.